The summed E-state index contributed by atoms with van der Waals surface area (Å²) in [6.45, 7) is 4.35. The van der Waals surface area contributed by atoms with E-state index in [-0.39, 0.29) is 12.3 Å². The number of hydrogen-bond acceptors (Lipinski definition) is 6. The molecule has 0 saturated heterocycles. The Labute approximate surface area is 182 Å². The van der Waals surface area contributed by atoms with Gasteiger partial charge in [-0.1, -0.05) is 60.6 Å². The minimum atomic E-state index is -0.580. The Bertz CT molecular complexity index is 1080. The maximum absolute atomic E-state index is 12.2. The number of nitrogens with zero attached hydrogens (tertiary/aromatic N) is 3. The second-order valence-electron chi connectivity index (χ2n) is 7.01. The summed E-state index contributed by atoms with van der Waals surface area (Å²) in [5, 5.41) is 8.49. The van der Waals surface area contributed by atoms with Crippen molar-refractivity contribution in [2.75, 3.05) is 14.2 Å². The van der Waals surface area contributed by atoms with Crippen molar-refractivity contribution in [3.8, 4) is 17.1 Å². The van der Waals surface area contributed by atoms with E-state index in [9.17, 15) is 4.79 Å². The first kappa shape index (κ1) is 22.1. The third-order valence-electron chi connectivity index (χ3n) is 5.05. The summed E-state index contributed by atoms with van der Waals surface area (Å²) in [5.41, 5.74) is 5.60. The molecule has 0 amide bonds. The maximum atomic E-state index is 12.2. The summed E-state index contributed by atoms with van der Waals surface area (Å²) >= 11 is 0. The molecule has 2 aromatic carbocycles. The topological polar surface area (TPSA) is 74.9 Å². The van der Waals surface area contributed by atoms with Crippen molar-refractivity contribution in [2.24, 2.45) is 12.2 Å². The van der Waals surface area contributed by atoms with Gasteiger partial charge in [0.05, 0.1) is 12.8 Å². The van der Waals surface area contributed by atoms with Gasteiger partial charge in [0.2, 0.25) is 5.88 Å². The van der Waals surface area contributed by atoms with E-state index in [0.29, 0.717) is 11.4 Å². The molecule has 0 saturated carbocycles. The van der Waals surface area contributed by atoms with Crippen molar-refractivity contribution >= 4 is 11.7 Å². The third-order valence-corrected chi connectivity index (χ3v) is 5.05. The minimum absolute atomic E-state index is 0.0858. The van der Waals surface area contributed by atoms with E-state index >= 15 is 0 Å². The largest absolute Gasteiger partial charge is 0.473 e. The van der Waals surface area contributed by atoms with E-state index in [4.69, 9.17) is 14.3 Å². The van der Waals surface area contributed by atoms with Crippen molar-refractivity contribution < 1.29 is 19.1 Å². The highest BCUT2D eigenvalue weighted by Gasteiger charge is 2.20. The van der Waals surface area contributed by atoms with Crippen LogP contribution in [-0.4, -0.2) is 35.7 Å². The zero-order chi connectivity index (χ0) is 22.4. The SMILES string of the molecule is CCc1ccc(-c2nn(C)c(OCc3ccccc3/C(=N\OC)C(=O)OC)c2C)cc1. The fourth-order valence-electron chi connectivity index (χ4n) is 3.40. The second-order valence-corrected chi connectivity index (χ2v) is 7.01. The number of carbonyl (C=O) groups excluding carboxylic acids is 1. The van der Waals surface area contributed by atoms with Crippen molar-refractivity contribution in [1.82, 2.24) is 9.78 Å². The standard InChI is InChI=1S/C24H27N3O4/c1-6-17-11-13-18(14-12-17)21-16(2)23(27(3)25-21)31-15-19-9-7-8-10-20(19)22(26-30-5)24(28)29-4/h7-14H,6,15H2,1-5H3/b26-22+. The van der Waals surface area contributed by atoms with Gasteiger partial charge in [0.1, 0.15) is 13.7 Å². The van der Waals surface area contributed by atoms with Crippen LogP contribution >= 0.6 is 0 Å². The summed E-state index contributed by atoms with van der Waals surface area (Å²) in [6.07, 6.45) is 0.995. The number of hydrogen-bond donors (Lipinski definition) is 0. The molecule has 0 radical (unpaired) electrons. The van der Waals surface area contributed by atoms with E-state index in [0.717, 1.165) is 28.8 Å². The zero-order valence-corrected chi connectivity index (χ0v) is 18.5. The molecule has 7 heteroatoms. The van der Waals surface area contributed by atoms with Crippen LogP contribution in [-0.2, 0) is 34.4 Å². The van der Waals surface area contributed by atoms with Crippen LogP contribution in [0.3, 0.4) is 0 Å². The predicted molar refractivity (Wildman–Crippen MR) is 119 cm³/mol. The Morgan fingerprint density at radius 3 is 2.45 bits per heavy atom. The van der Waals surface area contributed by atoms with Crippen LogP contribution < -0.4 is 4.74 Å². The van der Waals surface area contributed by atoms with Gasteiger partial charge >= 0.3 is 5.97 Å². The highest BCUT2D eigenvalue weighted by atomic mass is 16.6. The summed E-state index contributed by atoms with van der Waals surface area (Å²) < 4.78 is 12.7. The van der Waals surface area contributed by atoms with Crippen LogP contribution in [0.25, 0.3) is 11.3 Å². The number of ether oxygens (including phenoxy) is 2. The quantitative estimate of drug-likeness (QED) is 0.311. The first-order valence-corrected chi connectivity index (χ1v) is 10.0. The number of rotatable bonds is 8. The molecule has 0 bridgehead atoms. The molecule has 0 unspecified atom stereocenters. The van der Waals surface area contributed by atoms with Crippen molar-refractivity contribution in [3.05, 3.63) is 70.8 Å². The molecule has 31 heavy (non-hydrogen) atoms. The molecule has 0 spiro atoms. The predicted octanol–water partition coefficient (Wildman–Crippen LogP) is 4.06. The normalized spacial score (nSPS) is 11.3. The van der Waals surface area contributed by atoms with Gasteiger partial charge in [-0.2, -0.15) is 5.10 Å². The lowest BCUT2D eigenvalue weighted by atomic mass is 10.0. The zero-order valence-electron chi connectivity index (χ0n) is 18.5. The van der Waals surface area contributed by atoms with Gasteiger partial charge in [-0.15, -0.1) is 0 Å². The molecular weight excluding hydrogens is 394 g/mol. The van der Waals surface area contributed by atoms with E-state index in [1.165, 1.54) is 19.8 Å². The molecule has 0 aliphatic carbocycles. The summed E-state index contributed by atoms with van der Waals surface area (Å²) in [5.74, 6) is 0.0801. The Morgan fingerprint density at radius 1 is 1.10 bits per heavy atom. The smallest absolute Gasteiger partial charge is 0.360 e. The Morgan fingerprint density at radius 2 is 1.81 bits per heavy atom. The molecular formula is C24H27N3O4. The highest BCUT2D eigenvalue weighted by molar-refractivity contribution is 6.43. The summed E-state index contributed by atoms with van der Waals surface area (Å²) in [6, 6.07) is 15.7. The van der Waals surface area contributed by atoms with E-state index < -0.39 is 5.97 Å². The van der Waals surface area contributed by atoms with Crippen LogP contribution in [0.2, 0.25) is 0 Å². The molecule has 0 atom stereocenters. The molecule has 162 valence electrons. The highest BCUT2D eigenvalue weighted by Crippen LogP contribution is 2.30. The minimum Gasteiger partial charge on any atom is -0.473 e. The Hall–Kier alpha value is -3.61. The van der Waals surface area contributed by atoms with Crippen molar-refractivity contribution in [2.45, 2.75) is 26.9 Å². The lowest BCUT2D eigenvalue weighted by molar-refractivity contribution is -0.132. The van der Waals surface area contributed by atoms with Gasteiger partial charge in [0, 0.05) is 23.7 Å². The van der Waals surface area contributed by atoms with Gasteiger partial charge in [-0.25, -0.2) is 9.48 Å². The monoisotopic (exact) mass is 421 g/mol. The number of methoxy groups -OCH3 is 1. The molecule has 3 rings (SSSR count). The number of carbonyl (C=O) groups is 1. The van der Waals surface area contributed by atoms with Crippen LogP contribution in [0.5, 0.6) is 5.88 Å². The van der Waals surface area contributed by atoms with E-state index in [1.807, 2.05) is 32.2 Å². The Kier molecular flexibility index (Phi) is 7.07. The molecule has 0 N–H and O–H groups in total. The first-order valence-electron chi connectivity index (χ1n) is 10.0. The fourth-order valence-corrected chi connectivity index (χ4v) is 3.40. The average molecular weight is 421 g/mol. The fraction of sp³-hybridized carbons (Fsp3) is 0.292. The number of oxime groups is 1. The van der Waals surface area contributed by atoms with Crippen LogP contribution in [0.15, 0.2) is 53.7 Å². The van der Waals surface area contributed by atoms with Crippen LogP contribution in [0, 0.1) is 6.92 Å². The van der Waals surface area contributed by atoms with Gasteiger partial charge in [-0.05, 0) is 24.5 Å². The molecule has 0 aliphatic rings. The summed E-state index contributed by atoms with van der Waals surface area (Å²) in [7, 11) is 4.54. The first-order chi connectivity index (χ1) is 15.0. The second kappa shape index (κ2) is 9.93. The lowest BCUT2D eigenvalue weighted by Crippen LogP contribution is -2.20. The van der Waals surface area contributed by atoms with Gasteiger partial charge in [0.15, 0.2) is 5.71 Å². The van der Waals surface area contributed by atoms with Crippen LogP contribution in [0.4, 0.5) is 0 Å². The number of benzene rings is 2. The molecule has 0 fully saturated rings. The third kappa shape index (κ3) is 4.77. The number of esters is 1. The van der Waals surface area contributed by atoms with Crippen molar-refractivity contribution in [3.63, 3.8) is 0 Å². The summed E-state index contributed by atoms with van der Waals surface area (Å²) in [4.78, 5) is 17.0. The van der Waals surface area contributed by atoms with Gasteiger partial charge < -0.3 is 14.3 Å². The average Bonchev–Trinajstić information content (AvgIpc) is 3.09. The van der Waals surface area contributed by atoms with Crippen molar-refractivity contribution in [1.29, 1.82) is 0 Å². The van der Waals surface area contributed by atoms with Crippen LogP contribution in [0.1, 0.15) is 29.2 Å². The van der Waals surface area contributed by atoms with E-state index in [2.05, 4.69) is 41.4 Å². The van der Waals surface area contributed by atoms with E-state index in [1.54, 1.807) is 10.7 Å². The molecule has 0 aliphatic heterocycles. The molecule has 3 aromatic rings. The number of aryl methyl sites for hydroxylation is 2. The number of aromatic nitrogens is 2. The Balaban J connectivity index is 1.88. The molecule has 1 heterocycles. The molecule has 1 aromatic heterocycles. The van der Waals surface area contributed by atoms with Gasteiger partial charge in [-0.3, -0.25) is 0 Å². The van der Waals surface area contributed by atoms with Gasteiger partial charge in [0.25, 0.3) is 0 Å². The molecule has 7 nitrogen and oxygen atoms in total. The lowest BCUT2D eigenvalue weighted by Gasteiger charge is -2.12. The maximum Gasteiger partial charge on any atom is 0.360 e.